The molecule has 0 saturated heterocycles. The van der Waals surface area contributed by atoms with Gasteiger partial charge in [0.2, 0.25) is 5.91 Å². The van der Waals surface area contributed by atoms with Gasteiger partial charge in [0.25, 0.3) is 0 Å². The van der Waals surface area contributed by atoms with Gasteiger partial charge in [-0.1, -0.05) is 25.8 Å². The van der Waals surface area contributed by atoms with Gasteiger partial charge in [-0.3, -0.25) is 10.1 Å². The Balaban J connectivity index is 0.00000256. The summed E-state index contributed by atoms with van der Waals surface area (Å²) in [6, 6.07) is -0.869. The van der Waals surface area contributed by atoms with Gasteiger partial charge >= 0.3 is 35.6 Å². The van der Waals surface area contributed by atoms with Crippen molar-refractivity contribution in [3.05, 3.63) is 12.7 Å². The second-order valence-electron chi connectivity index (χ2n) is 3.85. The molecule has 5 nitrogen and oxygen atoms in total. The Kier molecular flexibility index (Phi) is 6.67. The molecule has 0 aromatic carbocycles. The van der Waals surface area contributed by atoms with Crippen molar-refractivity contribution in [3.8, 4) is 0 Å². The van der Waals surface area contributed by atoms with Crippen LogP contribution in [0.5, 0.6) is 0 Å². The van der Waals surface area contributed by atoms with E-state index in [2.05, 4.69) is 16.9 Å². The summed E-state index contributed by atoms with van der Waals surface area (Å²) in [6.45, 7) is 5.50. The third kappa shape index (κ3) is 3.40. The van der Waals surface area contributed by atoms with Gasteiger partial charge in [-0.05, 0) is 18.7 Å². The molecule has 0 bridgehead atoms. The number of unbranched alkanes of at least 4 members (excludes halogenated alkanes) is 1. The Hall–Kier alpha value is -0.650. The second-order valence-corrected chi connectivity index (χ2v) is 3.85. The Morgan fingerprint density at radius 3 is 2.65 bits per heavy atom. The number of nitrogens with one attached hydrogen (secondary N) is 1. The van der Waals surface area contributed by atoms with Crippen LogP contribution in [0.25, 0.3) is 0 Å². The van der Waals surface area contributed by atoms with E-state index in [1.165, 1.54) is 6.08 Å². The molecule has 0 saturated carbocycles. The first-order valence-corrected chi connectivity index (χ1v) is 5.29. The number of rotatable bonds is 5. The zero-order chi connectivity index (χ0) is 12.2. The molecule has 6 heteroatoms. The van der Waals surface area contributed by atoms with E-state index in [9.17, 15) is 14.7 Å². The van der Waals surface area contributed by atoms with Gasteiger partial charge in [0.05, 0.1) is 5.41 Å². The molecule has 0 aliphatic carbocycles. The molecule has 1 aliphatic rings. The predicted molar refractivity (Wildman–Crippen MR) is 57.7 cm³/mol. The van der Waals surface area contributed by atoms with Crippen LogP contribution in [0.1, 0.15) is 32.6 Å². The molecule has 88 valence electrons. The SMILES string of the molecule is C=CCC1(CCCC)C(=O)NC(=O)N=C1[O-].[Na+]. The zero-order valence-electron chi connectivity index (χ0n) is 10.3. The number of aliphatic imine (C=N–C) groups is 1. The molecule has 17 heavy (non-hydrogen) atoms. The molecule has 1 unspecified atom stereocenters. The minimum atomic E-state index is -1.22. The largest absolute Gasteiger partial charge is 1.00 e. The number of amides is 3. The summed E-state index contributed by atoms with van der Waals surface area (Å²) in [5.74, 6) is -1.19. The van der Waals surface area contributed by atoms with Crippen LogP contribution >= 0.6 is 0 Å². The minimum Gasteiger partial charge on any atom is -0.861 e. The molecular formula is C11H15N2NaO3. The molecule has 1 atom stereocenters. The van der Waals surface area contributed by atoms with Crippen molar-refractivity contribution in [2.45, 2.75) is 32.6 Å². The van der Waals surface area contributed by atoms with E-state index in [1.54, 1.807) is 0 Å². The van der Waals surface area contributed by atoms with Crippen molar-refractivity contribution in [1.82, 2.24) is 5.32 Å². The first-order valence-electron chi connectivity index (χ1n) is 5.29. The van der Waals surface area contributed by atoms with Crippen LogP contribution in [0.2, 0.25) is 0 Å². The predicted octanol–water partition coefficient (Wildman–Crippen LogP) is -2.25. The second kappa shape index (κ2) is 6.93. The fourth-order valence-electron chi connectivity index (χ4n) is 1.77. The fourth-order valence-corrected chi connectivity index (χ4v) is 1.77. The molecule has 1 heterocycles. The summed E-state index contributed by atoms with van der Waals surface area (Å²) in [7, 11) is 0. The molecule has 0 aromatic heterocycles. The van der Waals surface area contributed by atoms with Crippen LogP contribution in [0.15, 0.2) is 17.6 Å². The zero-order valence-corrected chi connectivity index (χ0v) is 12.3. The summed E-state index contributed by atoms with van der Waals surface area (Å²) in [4.78, 5) is 26.0. The van der Waals surface area contributed by atoms with Gasteiger partial charge in [-0.15, -0.1) is 6.58 Å². The Morgan fingerprint density at radius 1 is 1.53 bits per heavy atom. The van der Waals surface area contributed by atoms with E-state index < -0.39 is 23.3 Å². The summed E-state index contributed by atoms with van der Waals surface area (Å²) in [5, 5.41) is 13.8. The molecule has 3 amide bonds. The maximum Gasteiger partial charge on any atom is 1.00 e. The standard InChI is InChI=1S/C11H16N2O3.Na/c1-3-5-7-11(6-4-2)8(14)12-10(16)13-9(11)15;/h4H,2-3,5-7H2,1H3,(H2,12,13,14,15,16);/q;+1/p-1. The van der Waals surface area contributed by atoms with E-state index >= 15 is 0 Å². The molecule has 1 N–H and O–H groups in total. The van der Waals surface area contributed by atoms with E-state index in [0.717, 1.165) is 12.8 Å². The van der Waals surface area contributed by atoms with Crippen molar-refractivity contribution < 1.29 is 44.3 Å². The van der Waals surface area contributed by atoms with Crippen LogP contribution in [0, 0.1) is 5.41 Å². The minimum absolute atomic E-state index is 0. The van der Waals surface area contributed by atoms with Crippen LogP contribution in [-0.2, 0) is 4.79 Å². The van der Waals surface area contributed by atoms with Crippen LogP contribution in [0.4, 0.5) is 4.79 Å². The van der Waals surface area contributed by atoms with E-state index in [4.69, 9.17) is 0 Å². The van der Waals surface area contributed by atoms with Gasteiger partial charge in [0, 0.05) is 0 Å². The Labute approximate surface area is 123 Å². The van der Waals surface area contributed by atoms with Crippen LogP contribution in [-0.4, -0.2) is 17.8 Å². The average molecular weight is 246 g/mol. The number of carbonyl (C=O) groups excluding carboxylic acids is 2. The summed E-state index contributed by atoms with van der Waals surface area (Å²) in [6.07, 6.45) is 3.73. The van der Waals surface area contributed by atoms with Gasteiger partial charge < -0.3 is 5.11 Å². The Morgan fingerprint density at radius 2 is 2.18 bits per heavy atom. The molecule has 0 fully saturated rings. The van der Waals surface area contributed by atoms with Crippen molar-refractivity contribution in [1.29, 1.82) is 0 Å². The molecule has 0 radical (unpaired) electrons. The van der Waals surface area contributed by atoms with Gasteiger partial charge in [0.15, 0.2) is 0 Å². The first kappa shape index (κ1) is 16.4. The van der Waals surface area contributed by atoms with Crippen LogP contribution < -0.4 is 40.0 Å². The van der Waals surface area contributed by atoms with Crippen LogP contribution in [0.3, 0.4) is 0 Å². The smallest absolute Gasteiger partial charge is 0.861 e. The maximum absolute atomic E-state index is 11.8. The van der Waals surface area contributed by atoms with E-state index in [0.29, 0.717) is 6.42 Å². The average Bonchev–Trinajstić information content (AvgIpc) is 2.22. The summed E-state index contributed by atoms with van der Waals surface area (Å²) >= 11 is 0. The number of allylic oxidation sites excluding steroid dienone is 1. The summed E-state index contributed by atoms with van der Waals surface area (Å²) < 4.78 is 0. The topological polar surface area (TPSA) is 81.6 Å². The Bertz CT molecular complexity index is 355. The number of imide groups is 1. The number of hydrogen-bond acceptors (Lipinski definition) is 3. The number of urea groups is 1. The fraction of sp³-hybridized carbons (Fsp3) is 0.545. The normalized spacial score (nSPS) is 23.5. The van der Waals surface area contributed by atoms with Gasteiger partial charge in [0.1, 0.15) is 0 Å². The third-order valence-corrected chi connectivity index (χ3v) is 2.72. The molecule has 1 aliphatic heterocycles. The molecule has 0 aromatic rings. The monoisotopic (exact) mass is 246 g/mol. The molecule has 1 rings (SSSR count). The number of nitrogens with zero attached hydrogens (tertiary/aromatic N) is 1. The quantitative estimate of drug-likeness (QED) is 0.439. The van der Waals surface area contributed by atoms with Gasteiger partial charge in [-0.25, -0.2) is 9.79 Å². The van der Waals surface area contributed by atoms with Crippen molar-refractivity contribution in [2.75, 3.05) is 0 Å². The molecular weight excluding hydrogens is 231 g/mol. The third-order valence-electron chi connectivity index (χ3n) is 2.72. The van der Waals surface area contributed by atoms with Crippen molar-refractivity contribution >= 4 is 17.8 Å². The number of hydrogen-bond donors (Lipinski definition) is 1. The van der Waals surface area contributed by atoms with Crippen molar-refractivity contribution in [3.63, 3.8) is 0 Å². The van der Waals surface area contributed by atoms with Crippen molar-refractivity contribution in [2.24, 2.45) is 10.4 Å². The first-order chi connectivity index (χ1) is 7.56. The number of carbonyl (C=O) groups is 2. The summed E-state index contributed by atoms with van der Waals surface area (Å²) in [5.41, 5.74) is -1.22. The maximum atomic E-state index is 11.8. The van der Waals surface area contributed by atoms with Gasteiger partial charge in [-0.2, -0.15) is 0 Å². The van der Waals surface area contributed by atoms with E-state index in [1.807, 2.05) is 6.92 Å². The molecule has 0 spiro atoms. The van der Waals surface area contributed by atoms with E-state index in [-0.39, 0.29) is 36.0 Å².